The molecule has 0 rings (SSSR count). The summed E-state index contributed by atoms with van der Waals surface area (Å²) in [7, 11) is 0. The molecule has 1 nitrogen and oxygen atoms in total. The lowest BCUT2D eigenvalue weighted by atomic mass is 10.1. The Morgan fingerprint density at radius 2 is 2.33 bits per heavy atom. The number of hydrogen-bond donors (Lipinski definition) is 0. The minimum absolute atomic E-state index is 0.121. The fourth-order valence-corrected chi connectivity index (χ4v) is 0.457. The molecule has 0 N–H and O–H groups in total. The van der Waals surface area contributed by atoms with Gasteiger partial charge in [-0.25, -0.2) is 0 Å². The lowest BCUT2D eigenvalue weighted by Crippen LogP contribution is -2.05. The molecule has 0 aliphatic rings. The molecule has 0 aliphatic carbocycles. The summed E-state index contributed by atoms with van der Waals surface area (Å²) in [5.74, 6) is 0.543. The van der Waals surface area contributed by atoms with Crippen LogP contribution >= 0.6 is 23.8 Å². The summed E-state index contributed by atoms with van der Waals surface area (Å²) in [6, 6.07) is 0. The van der Waals surface area contributed by atoms with Crippen molar-refractivity contribution < 1.29 is 4.74 Å². The Hall–Kier alpha value is 0.180. The molecule has 0 amide bonds. The van der Waals surface area contributed by atoms with E-state index in [2.05, 4.69) is 26.1 Å². The third kappa shape index (κ3) is 6.06. The van der Waals surface area contributed by atoms with Crippen LogP contribution in [-0.4, -0.2) is 11.1 Å². The van der Waals surface area contributed by atoms with Crippen molar-refractivity contribution in [2.45, 2.75) is 20.3 Å². The van der Waals surface area contributed by atoms with E-state index in [1.54, 1.807) is 0 Å². The van der Waals surface area contributed by atoms with Crippen LogP contribution in [-0.2, 0) is 4.74 Å². The molecular formula is C6H11ClOS. The number of hydrogen-bond acceptors (Lipinski definition) is 2. The van der Waals surface area contributed by atoms with Crippen molar-refractivity contribution in [1.82, 2.24) is 0 Å². The fraction of sp³-hybridized carbons (Fsp3) is 0.833. The molecule has 54 valence electrons. The van der Waals surface area contributed by atoms with Crippen LogP contribution in [0.4, 0.5) is 0 Å². The normalized spacial score (nSPS) is 12.8. The Kier molecular flexibility index (Phi) is 5.10. The molecule has 1 atom stereocenters. The highest BCUT2D eigenvalue weighted by atomic mass is 35.5. The first-order valence-electron chi connectivity index (χ1n) is 2.99. The fourth-order valence-electron chi connectivity index (χ4n) is 0.326. The van der Waals surface area contributed by atoms with E-state index in [0.717, 1.165) is 6.42 Å². The van der Waals surface area contributed by atoms with E-state index in [1.807, 2.05) is 0 Å². The van der Waals surface area contributed by atoms with Gasteiger partial charge in [-0.2, -0.15) is 0 Å². The topological polar surface area (TPSA) is 9.23 Å². The maximum Gasteiger partial charge on any atom is 0.255 e. The summed E-state index contributed by atoms with van der Waals surface area (Å²) in [5.41, 5.74) is 0. The van der Waals surface area contributed by atoms with Crippen molar-refractivity contribution in [2.75, 3.05) is 6.61 Å². The van der Waals surface area contributed by atoms with E-state index in [9.17, 15) is 0 Å². The standard InChI is InChI=1S/C6H11ClOS/c1-3-5(2)4-8-6(7)9/h5H,3-4H2,1-2H3. The van der Waals surface area contributed by atoms with Gasteiger partial charge < -0.3 is 4.74 Å². The van der Waals surface area contributed by atoms with Gasteiger partial charge in [0.2, 0.25) is 0 Å². The smallest absolute Gasteiger partial charge is 0.255 e. The quantitative estimate of drug-likeness (QED) is 0.471. The van der Waals surface area contributed by atoms with Gasteiger partial charge in [0.1, 0.15) is 0 Å². The van der Waals surface area contributed by atoms with Crippen molar-refractivity contribution in [3.8, 4) is 0 Å². The molecule has 3 heteroatoms. The molecule has 0 spiro atoms. The van der Waals surface area contributed by atoms with Crippen molar-refractivity contribution in [3.63, 3.8) is 0 Å². The third-order valence-corrected chi connectivity index (χ3v) is 1.41. The average molecular weight is 167 g/mol. The summed E-state index contributed by atoms with van der Waals surface area (Å²) >= 11 is 9.79. The Balaban J connectivity index is 3.16. The van der Waals surface area contributed by atoms with Crippen molar-refractivity contribution in [1.29, 1.82) is 0 Å². The number of thiocarbonyl (C=S) groups is 1. The van der Waals surface area contributed by atoms with Crippen LogP contribution in [0.5, 0.6) is 0 Å². The lowest BCUT2D eigenvalue weighted by Gasteiger charge is -2.06. The molecule has 0 aromatic rings. The first-order chi connectivity index (χ1) is 4.16. The summed E-state index contributed by atoms with van der Waals surface area (Å²) in [6.07, 6.45) is 1.10. The van der Waals surface area contributed by atoms with Gasteiger partial charge in [-0.05, 0) is 29.7 Å². The molecule has 0 fully saturated rings. The van der Waals surface area contributed by atoms with Crippen LogP contribution in [0.1, 0.15) is 20.3 Å². The molecular weight excluding hydrogens is 156 g/mol. The highest BCUT2D eigenvalue weighted by Crippen LogP contribution is 2.01. The molecule has 1 unspecified atom stereocenters. The summed E-state index contributed by atoms with van der Waals surface area (Å²) in [6.45, 7) is 4.83. The van der Waals surface area contributed by atoms with E-state index in [1.165, 1.54) is 0 Å². The second-order valence-electron chi connectivity index (χ2n) is 2.06. The molecule has 0 radical (unpaired) electrons. The zero-order chi connectivity index (χ0) is 7.28. The first kappa shape index (κ1) is 9.18. The molecule has 0 aromatic carbocycles. The van der Waals surface area contributed by atoms with Crippen LogP contribution < -0.4 is 0 Å². The molecule has 0 bridgehead atoms. The van der Waals surface area contributed by atoms with E-state index >= 15 is 0 Å². The number of rotatable bonds is 3. The van der Waals surface area contributed by atoms with Crippen LogP contribution in [0.2, 0.25) is 0 Å². The Labute approximate surface area is 66.3 Å². The van der Waals surface area contributed by atoms with Crippen LogP contribution in [0.3, 0.4) is 0 Å². The predicted molar refractivity (Wildman–Crippen MR) is 43.9 cm³/mol. The average Bonchev–Trinajstić information content (AvgIpc) is 1.83. The van der Waals surface area contributed by atoms with E-state index < -0.39 is 0 Å². The molecule has 9 heavy (non-hydrogen) atoms. The number of halogens is 1. The van der Waals surface area contributed by atoms with Crippen molar-refractivity contribution in [2.24, 2.45) is 5.92 Å². The second kappa shape index (κ2) is 5.00. The Bertz CT molecular complexity index is 95.1. The monoisotopic (exact) mass is 166 g/mol. The van der Waals surface area contributed by atoms with Gasteiger partial charge in [-0.3, -0.25) is 0 Å². The third-order valence-electron chi connectivity index (χ3n) is 1.18. The molecule has 0 aliphatic heterocycles. The van der Waals surface area contributed by atoms with Crippen LogP contribution in [0, 0.1) is 5.92 Å². The molecule has 0 saturated heterocycles. The molecule has 0 saturated carbocycles. The maximum atomic E-state index is 5.29. The Morgan fingerprint density at radius 3 is 2.67 bits per heavy atom. The highest BCUT2D eigenvalue weighted by Gasteiger charge is 1.98. The van der Waals surface area contributed by atoms with E-state index in [4.69, 9.17) is 16.3 Å². The van der Waals surface area contributed by atoms with Gasteiger partial charge >= 0.3 is 0 Å². The molecule has 0 aromatic heterocycles. The summed E-state index contributed by atoms with van der Waals surface area (Å²) < 4.78 is 5.01. The Morgan fingerprint density at radius 1 is 1.78 bits per heavy atom. The zero-order valence-electron chi connectivity index (χ0n) is 5.69. The zero-order valence-corrected chi connectivity index (χ0v) is 7.26. The van der Waals surface area contributed by atoms with Gasteiger partial charge in [-0.15, -0.1) is 0 Å². The molecule has 0 heterocycles. The van der Waals surface area contributed by atoms with Gasteiger partial charge in [0.15, 0.2) is 0 Å². The summed E-state index contributed by atoms with van der Waals surface area (Å²) in [4.78, 5) is 0. The van der Waals surface area contributed by atoms with Crippen molar-refractivity contribution >= 4 is 28.3 Å². The van der Waals surface area contributed by atoms with E-state index in [-0.39, 0.29) is 4.51 Å². The first-order valence-corrected chi connectivity index (χ1v) is 3.77. The number of ether oxygens (including phenoxy) is 1. The van der Waals surface area contributed by atoms with Gasteiger partial charge in [0.25, 0.3) is 4.51 Å². The van der Waals surface area contributed by atoms with Gasteiger partial charge in [0, 0.05) is 0 Å². The second-order valence-corrected chi connectivity index (χ2v) is 3.00. The summed E-state index contributed by atoms with van der Waals surface area (Å²) in [5, 5.41) is 0. The van der Waals surface area contributed by atoms with Crippen LogP contribution in [0.15, 0.2) is 0 Å². The minimum Gasteiger partial charge on any atom is -0.475 e. The van der Waals surface area contributed by atoms with Crippen LogP contribution in [0.25, 0.3) is 0 Å². The van der Waals surface area contributed by atoms with Crippen molar-refractivity contribution in [3.05, 3.63) is 0 Å². The predicted octanol–water partition coefficient (Wildman–Crippen LogP) is 2.57. The maximum absolute atomic E-state index is 5.29. The van der Waals surface area contributed by atoms with Gasteiger partial charge in [-0.1, -0.05) is 20.3 Å². The SMILES string of the molecule is CCC(C)COC(=S)Cl. The van der Waals surface area contributed by atoms with E-state index in [0.29, 0.717) is 12.5 Å². The largest absolute Gasteiger partial charge is 0.475 e. The highest BCUT2D eigenvalue weighted by molar-refractivity contribution is 7.82. The van der Waals surface area contributed by atoms with Gasteiger partial charge in [0.05, 0.1) is 6.61 Å². The lowest BCUT2D eigenvalue weighted by molar-refractivity contribution is 0.257. The minimum atomic E-state index is 0.121.